The maximum Gasteiger partial charge on any atom is 0.265 e. The van der Waals surface area contributed by atoms with Gasteiger partial charge in [0.15, 0.2) is 0 Å². The number of nitrogens with zero attached hydrogens (tertiary/aromatic N) is 3. The smallest absolute Gasteiger partial charge is 0.265 e. The Bertz CT molecular complexity index is 947. The van der Waals surface area contributed by atoms with E-state index in [1.165, 1.54) is 4.40 Å². The summed E-state index contributed by atoms with van der Waals surface area (Å²) < 4.78 is 1.43. The van der Waals surface area contributed by atoms with Gasteiger partial charge in [0.25, 0.3) is 11.5 Å². The van der Waals surface area contributed by atoms with E-state index in [1.807, 2.05) is 26.2 Å². The Morgan fingerprint density at radius 3 is 2.79 bits per heavy atom. The first kappa shape index (κ1) is 16.1. The van der Waals surface area contributed by atoms with Crippen LogP contribution >= 0.6 is 0 Å². The minimum atomic E-state index is -0.185. The van der Waals surface area contributed by atoms with Crippen LogP contribution in [0.15, 0.2) is 47.4 Å². The number of carbonyl (C=O) groups is 1. The fourth-order valence-corrected chi connectivity index (χ4v) is 2.59. The molecule has 1 N–H and O–H groups in total. The van der Waals surface area contributed by atoms with Crippen molar-refractivity contribution in [3.63, 3.8) is 0 Å². The van der Waals surface area contributed by atoms with Gasteiger partial charge in [0.1, 0.15) is 5.65 Å². The molecule has 6 heteroatoms. The van der Waals surface area contributed by atoms with E-state index in [4.69, 9.17) is 0 Å². The molecule has 0 aliphatic carbocycles. The van der Waals surface area contributed by atoms with E-state index < -0.39 is 0 Å². The first-order chi connectivity index (χ1) is 11.6. The Hall–Kier alpha value is -2.73. The highest BCUT2D eigenvalue weighted by Crippen LogP contribution is 2.10. The number of aromatic nitrogens is 2. The molecular weight excluding hydrogens is 304 g/mol. The third-order valence-electron chi connectivity index (χ3n) is 3.85. The predicted octanol–water partition coefficient (Wildman–Crippen LogP) is 1.53. The van der Waals surface area contributed by atoms with E-state index in [2.05, 4.69) is 15.2 Å². The van der Waals surface area contributed by atoms with Crippen molar-refractivity contribution < 1.29 is 4.79 Å². The molecule has 2 heterocycles. The minimum absolute atomic E-state index is 0.169. The summed E-state index contributed by atoms with van der Waals surface area (Å²) in [4.78, 5) is 31.4. The molecule has 0 saturated carbocycles. The number of hydrogen-bond acceptors (Lipinski definition) is 4. The van der Waals surface area contributed by atoms with Gasteiger partial charge in [-0.05, 0) is 51.3 Å². The Morgan fingerprint density at radius 2 is 2.00 bits per heavy atom. The normalized spacial score (nSPS) is 11.3. The molecule has 0 fully saturated rings. The zero-order valence-corrected chi connectivity index (χ0v) is 13.8. The minimum Gasteiger partial charge on any atom is -0.352 e. The number of benzene rings is 1. The summed E-state index contributed by atoms with van der Waals surface area (Å²) in [5.74, 6) is -0.185. The van der Waals surface area contributed by atoms with Crippen molar-refractivity contribution in [2.45, 2.75) is 6.42 Å². The van der Waals surface area contributed by atoms with Crippen molar-refractivity contribution in [2.75, 3.05) is 27.2 Å². The number of fused-ring (bicyclic) bond motifs is 2. The van der Waals surface area contributed by atoms with E-state index >= 15 is 0 Å². The number of amides is 1. The number of rotatable bonds is 5. The molecule has 2 aromatic heterocycles. The molecule has 0 saturated heterocycles. The van der Waals surface area contributed by atoms with Crippen molar-refractivity contribution in [2.24, 2.45) is 0 Å². The van der Waals surface area contributed by atoms with Crippen molar-refractivity contribution in [3.05, 3.63) is 58.5 Å². The molecule has 0 atom stereocenters. The van der Waals surface area contributed by atoms with Gasteiger partial charge in [-0.25, -0.2) is 4.98 Å². The van der Waals surface area contributed by atoms with Crippen molar-refractivity contribution in [1.29, 1.82) is 0 Å². The summed E-state index contributed by atoms with van der Waals surface area (Å²) in [5, 5.41) is 3.41. The lowest BCUT2D eigenvalue weighted by molar-refractivity contribution is 0.0952. The second-order valence-corrected chi connectivity index (χ2v) is 5.99. The van der Waals surface area contributed by atoms with Crippen LogP contribution in [0.4, 0.5) is 0 Å². The molecule has 124 valence electrons. The third-order valence-corrected chi connectivity index (χ3v) is 3.85. The summed E-state index contributed by atoms with van der Waals surface area (Å²) in [6, 6.07) is 10.6. The Balaban J connectivity index is 1.88. The first-order valence-electron chi connectivity index (χ1n) is 7.90. The number of hydrogen-bond donors (Lipinski definition) is 1. The molecule has 0 spiro atoms. The van der Waals surface area contributed by atoms with Crippen LogP contribution in [0.2, 0.25) is 0 Å². The van der Waals surface area contributed by atoms with Gasteiger partial charge < -0.3 is 10.2 Å². The van der Waals surface area contributed by atoms with Gasteiger partial charge in [-0.1, -0.05) is 12.1 Å². The topological polar surface area (TPSA) is 66.7 Å². The van der Waals surface area contributed by atoms with Crippen LogP contribution in [-0.4, -0.2) is 47.4 Å². The Kier molecular flexibility index (Phi) is 4.57. The third kappa shape index (κ3) is 3.28. The van der Waals surface area contributed by atoms with Crippen LogP contribution in [0.1, 0.15) is 16.8 Å². The Labute approximate surface area is 139 Å². The number of carbonyl (C=O) groups excluding carboxylic acids is 1. The molecule has 3 aromatic rings. The molecule has 1 aromatic carbocycles. The Morgan fingerprint density at radius 1 is 1.21 bits per heavy atom. The number of para-hydroxylation sites is 1. The average molecular weight is 324 g/mol. The molecule has 0 unspecified atom stereocenters. The zero-order chi connectivity index (χ0) is 17.1. The standard InChI is InChI=1S/C18H20N4O2/c1-21(2)11-5-10-19-17(23)13-8-9-16-20-15-7-4-3-6-14(15)18(24)22(16)12-13/h3-4,6-9,12H,5,10-11H2,1-2H3,(H,19,23). The second-order valence-electron chi connectivity index (χ2n) is 5.99. The van der Waals surface area contributed by atoms with Crippen LogP contribution in [0, 0.1) is 0 Å². The van der Waals surface area contributed by atoms with Crippen LogP contribution < -0.4 is 10.9 Å². The van der Waals surface area contributed by atoms with E-state index in [-0.39, 0.29) is 11.5 Å². The SMILES string of the molecule is CN(C)CCCNC(=O)c1ccc2nc3ccccc3c(=O)n2c1. The van der Waals surface area contributed by atoms with Crippen molar-refractivity contribution >= 4 is 22.5 Å². The molecule has 0 radical (unpaired) electrons. The van der Waals surface area contributed by atoms with Gasteiger partial charge in [0.2, 0.25) is 0 Å². The van der Waals surface area contributed by atoms with Crippen LogP contribution in [-0.2, 0) is 0 Å². The predicted molar refractivity (Wildman–Crippen MR) is 94.5 cm³/mol. The number of pyridine rings is 1. The summed E-state index contributed by atoms with van der Waals surface area (Å²) in [7, 11) is 3.99. The summed E-state index contributed by atoms with van der Waals surface area (Å²) >= 11 is 0. The summed E-state index contributed by atoms with van der Waals surface area (Å²) in [6.07, 6.45) is 2.43. The highest BCUT2D eigenvalue weighted by atomic mass is 16.1. The van der Waals surface area contributed by atoms with Gasteiger partial charge in [-0.2, -0.15) is 0 Å². The van der Waals surface area contributed by atoms with Gasteiger partial charge >= 0.3 is 0 Å². The molecule has 0 bridgehead atoms. The monoisotopic (exact) mass is 324 g/mol. The van der Waals surface area contributed by atoms with E-state index in [0.717, 1.165) is 13.0 Å². The fourth-order valence-electron chi connectivity index (χ4n) is 2.59. The maximum absolute atomic E-state index is 12.6. The highest BCUT2D eigenvalue weighted by Gasteiger charge is 2.09. The number of nitrogens with one attached hydrogen (secondary N) is 1. The first-order valence-corrected chi connectivity index (χ1v) is 7.90. The molecule has 3 rings (SSSR count). The molecule has 1 amide bonds. The van der Waals surface area contributed by atoms with Crippen molar-refractivity contribution in [3.8, 4) is 0 Å². The molecule has 0 aliphatic rings. The molecule has 0 aliphatic heterocycles. The lowest BCUT2D eigenvalue weighted by Gasteiger charge is -2.10. The van der Waals surface area contributed by atoms with E-state index in [9.17, 15) is 9.59 Å². The van der Waals surface area contributed by atoms with E-state index in [1.54, 1.807) is 30.5 Å². The van der Waals surface area contributed by atoms with Gasteiger partial charge in [-0.15, -0.1) is 0 Å². The molecule has 24 heavy (non-hydrogen) atoms. The molecular formula is C18H20N4O2. The van der Waals surface area contributed by atoms with Crippen LogP contribution in [0.5, 0.6) is 0 Å². The second kappa shape index (κ2) is 6.80. The van der Waals surface area contributed by atoms with Crippen LogP contribution in [0.25, 0.3) is 16.6 Å². The molecule has 6 nitrogen and oxygen atoms in total. The van der Waals surface area contributed by atoms with Gasteiger partial charge in [-0.3, -0.25) is 14.0 Å². The quantitative estimate of drug-likeness (QED) is 0.571. The average Bonchev–Trinajstić information content (AvgIpc) is 2.58. The lowest BCUT2D eigenvalue weighted by Crippen LogP contribution is -2.28. The van der Waals surface area contributed by atoms with Gasteiger partial charge in [0, 0.05) is 12.7 Å². The summed E-state index contributed by atoms with van der Waals surface area (Å²) in [5.41, 5.74) is 1.47. The van der Waals surface area contributed by atoms with Gasteiger partial charge in [0.05, 0.1) is 16.5 Å². The largest absolute Gasteiger partial charge is 0.352 e. The summed E-state index contributed by atoms with van der Waals surface area (Å²) in [6.45, 7) is 1.51. The van der Waals surface area contributed by atoms with Crippen molar-refractivity contribution in [1.82, 2.24) is 19.6 Å². The van der Waals surface area contributed by atoms with E-state index in [0.29, 0.717) is 28.7 Å². The maximum atomic E-state index is 12.6. The fraction of sp³-hybridized carbons (Fsp3) is 0.278. The zero-order valence-electron chi connectivity index (χ0n) is 13.8. The lowest BCUT2D eigenvalue weighted by atomic mass is 10.2. The van der Waals surface area contributed by atoms with Crippen LogP contribution in [0.3, 0.4) is 0 Å². The highest BCUT2D eigenvalue weighted by molar-refractivity contribution is 5.94.